The summed E-state index contributed by atoms with van der Waals surface area (Å²) in [5, 5.41) is 10.1. The number of hydrogen-bond donors (Lipinski definition) is 1. The molecule has 7 nitrogen and oxygen atoms in total. The predicted molar refractivity (Wildman–Crippen MR) is 77.7 cm³/mol. The fourth-order valence-corrected chi connectivity index (χ4v) is 2.01. The van der Waals surface area contributed by atoms with E-state index in [4.69, 9.17) is 9.47 Å². The highest BCUT2D eigenvalue weighted by Crippen LogP contribution is 2.30. The summed E-state index contributed by atoms with van der Waals surface area (Å²) in [5.74, 6) is 3.75. The van der Waals surface area contributed by atoms with Gasteiger partial charge in [0.2, 0.25) is 0 Å². The molecule has 0 aromatic carbocycles. The Hall–Kier alpha value is -1.78. The molecule has 1 saturated heterocycles. The van der Waals surface area contributed by atoms with Gasteiger partial charge in [0.25, 0.3) is 0 Å². The number of carbonyl (C=O) groups is 2. The second-order valence-electron chi connectivity index (χ2n) is 6.38. The number of rotatable bonds is 1. The Morgan fingerprint density at radius 3 is 2.50 bits per heavy atom. The number of carbonyl (C=O) groups excluding carboxylic acids is 2. The average Bonchev–Trinajstić information content (AvgIpc) is 2.69. The summed E-state index contributed by atoms with van der Waals surface area (Å²) in [5.41, 5.74) is -1.62. The second-order valence-corrected chi connectivity index (χ2v) is 6.38. The van der Waals surface area contributed by atoms with Crippen LogP contribution in [-0.4, -0.2) is 59.3 Å². The van der Waals surface area contributed by atoms with Crippen molar-refractivity contribution in [1.82, 2.24) is 4.90 Å². The summed E-state index contributed by atoms with van der Waals surface area (Å²) in [6, 6.07) is -0.734. The standard InChI is InChI=1S/C15H23NO6/c1-14(2,3)22-13(19)16-10(9-21-15(16,4)5)11(17)7-8-12(18)20-6/h10-11,17H,9H2,1-6H3/t10-,11-/m0/s1. The molecule has 0 aromatic heterocycles. The minimum Gasteiger partial charge on any atom is -0.459 e. The van der Waals surface area contributed by atoms with Gasteiger partial charge in [-0.25, -0.2) is 9.59 Å². The van der Waals surface area contributed by atoms with Crippen LogP contribution in [0.1, 0.15) is 34.6 Å². The van der Waals surface area contributed by atoms with Gasteiger partial charge in [0, 0.05) is 5.92 Å². The van der Waals surface area contributed by atoms with Gasteiger partial charge in [0.15, 0.2) is 0 Å². The molecule has 0 bridgehead atoms. The number of methoxy groups -OCH3 is 1. The van der Waals surface area contributed by atoms with Crippen molar-refractivity contribution in [3.8, 4) is 11.8 Å². The van der Waals surface area contributed by atoms with Gasteiger partial charge in [-0.15, -0.1) is 0 Å². The molecule has 124 valence electrons. The Labute approximate surface area is 130 Å². The minimum atomic E-state index is -1.26. The van der Waals surface area contributed by atoms with Crippen LogP contribution in [0.25, 0.3) is 0 Å². The summed E-state index contributed by atoms with van der Waals surface area (Å²) in [4.78, 5) is 24.7. The topological polar surface area (TPSA) is 85.3 Å². The molecular weight excluding hydrogens is 290 g/mol. The van der Waals surface area contributed by atoms with Crippen LogP contribution in [0.5, 0.6) is 0 Å². The normalized spacial score (nSPS) is 21.6. The van der Waals surface area contributed by atoms with Crippen LogP contribution in [0, 0.1) is 11.8 Å². The minimum absolute atomic E-state index is 0.0866. The molecule has 2 atom stereocenters. The molecule has 1 N–H and O–H groups in total. The Kier molecular flexibility index (Phi) is 5.44. The predicted octanol–water partition coefficient (Wildman–Crippen LogP) is 0.896. The van der Waals surface area contributed by atoms with Crippen molar-refractivity contribution in [3.05, 3.63) is 0 Å². The Bertz CT molecular complexity index is 496. The van der Waals surface area contributed by atoms with E-state index >= 15 is 0 Å². The quantitative estimate of drug-likeness (QED) is 0.440. The molecule has 1 aliphatic rings. The summed E-state index contributed by atoms with van der Waals surface area (Å²) in [7, 11) is 1.19. The van der Waals surface area contributed by atoms with Crippen LogP contribution in [0.15, 0.2) is 0 Å². The number of aliphatic hydroxyl groups is 1. The van der Waals surface area contributed by atoms with E-state index in [-0.39, 0.29) is 6.61 Å². The third-order valence-corrected chi connectivity index (χ3v) is 2.98. The molecule has 0 radical (unpaired) electrons. The second kappa shape index (κ2) is 6.55. The van der Waals surface area contributed by atoms with Crippen LogP contribution in [-0.2, 0) is 19.0 Å². The van der Waals surface area contributed by atoms with Gasteiger partial charge in [-0.3, -0.25) is 4.90 Å². The highest BCUT2D eigenvalue weighted by Gasteiger charge is 2.48. The van der Waals surface area contributed by atoms with E-state index in [2.05, 4.69) is 16.6 Å². The molecule has 0 saturated carbocycles. The zero-order chi connectivity index (χ0) is 17.1. The van der Waals surface area contributed by atoms with Crippen LogP contribution >= 0.6 is 0 Å². The highest BCUT2D eigenvalue weighted by atomic mass is 16.6. The highest BCUT2D eigenvalue weighted by molar-refractivity contribution is 5.88. The largest absolute Gasteiger partial charge is 0.459 e. The first kappa shape index (κ1) is 18.3. The van der Waals surface area contributed by atoms with Gasteiger partial charge in [0.05, 0.1) is 19.8 Å². The number of aliphatic hydroxyl groups excluding tert-OH is 1. The number of hydrogen-bond acceptors (Lipinski definition) is 6. The first-order valence-electron chi connectivity index (χ1n) is 6.92. The molecule has 0 aromatic rings. The third kappa shape index (κ3) is 4.61. The number of ether oxygens (including phenoxy) is 3. The van der Waals surface area contributed by atoms with E-state index in [1.165, 1.54) is 12.0 Å². The van der Waals surface area contributed by atoms with Gasteiger partial charge in [-0.2, -0.15) is 0 Å². The zero-order valence-corrected chi connectivity index (χ0v) is 13.8. The molecule has 7 heteroatoms. The lowest BCUT2D eigenvalue weighted by molar-refractivity contribution is -0.133. The van der Waals surface area contributed by atoms with Crippen molar-refractivity contribution in [1.29, 1.82) is 0 Å². The van der Waals surface area contributed by atoms with Crippen molar-refractivity contribution in [2.75, 3.05) is 13.7 Å². The van der Waals surface area contributed by atoms with E-state index in [1.807, 2.05) is 0 Å². The fraction of sp³-hybridized carbons (Fsp3) is 0.733. The van der Waals surface area contributed by atoms with Crippen LogP contribution in [0.2, 0.25) is 0 Å². The Morgan fingerprint density at radius 1 is 1.41 bits per heavy atom. The van der Waals surface area contributed by atoms with Gasteiger partial charge in [-0.05, 0) is 34.6 Å². The molecule has 1 aliphatic heterocycles. The van der Waals surface area contributed by atoms with E-state index in [0.29, 0.717) is 0 Å². The lowest BCUT2D eigenvalue weighted by atomic mass is 10.1. The van der Waals surface area contributed by atoms with Crippen molar-refractivity contribution in [2.24, 2.45) is 0 Å². The smallest absolute Gasteiger partial charge is 0.413 e. The van der Waals surface area contributed by atoms with Crippen molar-refractivity contribution >= 4 is 12.1 Å². The number of nitrogens with zero attached hydrogens (tertiary/aromatic N) is 1. The summed E-state index contributed by atoms with van der Waals surface area (Å²) in [6.07, 6.45) is -1.87. The molecule has 22 heavy (non-hydrogen) atoms. The lowest BCUT2D eigenvalue weighted by Crippen LogP contribution is -2.53. The Balaban J connectivity index is 2.95. The molecular formula is C15H23NO6. The first-order chi connectivity index (χ1) is 9.98. The van der Waals surface area contributed by atoms with Crippen molar-refractivity contribution < 1.29 is 28.9 Å². The molecule has 0 aliphatic carbocycles. The van der Waals surface area contributed by atoms with Gasteiger partial charge in [0.1, 0.15) is 17.4 Å². The van der Waals surface area contributed by atoms with Gasteiger partial charge < -0.3 is 19.3 Å². The first-order valence-corrected chi connectivity index (χ1v) is 6.92. The average molecular weight is 313 g/mol. The zero-order valence-electron chi connectivity index (χ0n) is 13.8. The van der Waals surface area contributed by atoms with Gasteiger partial charge >= 0.3 is 12.1 Å². The number of esters is 1. The van der Waals surface area contributed by atoms with Crippen molar-refractivity contribution in [2.45, 2.75) is 58.1 Å². The van der Waals surface area contributed by atoms with E-state index in [0.717, 1.165) is 0 Å². The van der Waals surface area contributed by atoms with Gasteiger partial charge in [-0.1, -0.05) is 5.92 Å². The lowest BCUT2D eigenvalue weighted by Gasteiger charge is -2.35. The van der Waals surface area contributed by atoms with E-state index in [1.54, 1.807) is 34.6 Å². The van der Waals surface area contributed by atoms with E-state index < -0.39 is 35.5 Å². The maximum atomic E-state index is 12.4. The van der Waals surface area contributed by atoms with Crippen LogP contribution < -0.4 is 0 Å². The maximum absolute atomic E-state index is 12.4. The van der Waals surface area contributed by atoms with Crippen molar-refractivity contribution in [3.63, 3.8) is 0 Å². The SMILES string of the molecule is COC(=O)C#C[C@H](O)[C@@H]1COC(C)(C)N1C(=O)OC(C)(C)C. The molecule has 1 heterocycles. The summed E-state index contributed by atoms with van der Waals surface area (Å²) in [6.45, 7) is 8.71. The molecule has 1 rings (SSSR count). The molecule has 0 unspecified atom stereocenters. The summed E-state index contributed by atoms with van der Waals surface area (Å²) >= 11 is 0. The monoisotopic (exact) mass is 313 g/mol. The molecule has 1 amide bonds. The van der Waals surface area contributed by atoms with Crippen LogP contribution in [0.4, 0.5) is 4.79 Å². The molecule has 1 fully saturated rings. The third-order valence-electron chi connectivity index (χ3n) is 2.98. The fourth-order valence-electron chi connectivity index (χ4n) is 2.01. The number of amides is 1. The Morgan fingerprint density at radius 2 is 2.00 bits per heavy atom. The van der Waals surface area contributed by atoms with E-state index in [9.17, 15) is 14.7 Å². The maximum Gasteiger partial charge on any atom is 0.413 e. The molecule has 0 spiro atoms. The summed E-state index contributed by atoms with van der Waals surface area (Å²) < 4.78 is 15.3. The van der Waals surface area contributed by atoms with Crippen LogP contribution in [0.3, 0.4) is 0 Å².